The summed E-state index contributed by atoms with van der Waals surface area (Å²) in [5.74, 6) is 1.40. The normalized spacial score (nSPS) is 26.2. The zero-order chi connectivity index (χ0) is 15.4. The van der Waals surface area contributed by atoms with Crippen LogP contribution in [0, 0.1) is 11.8 Å². The number of halogens is 2. The van der Waals surface area contributed by atoms with E-state index in [1.165, 1.54) is 0 Å². The molecule has 1 unspecified atom stereocenters. The second-order valence-electron chi connectivity index (χ2n) is 6.38. The average molecular weight is 376 g/mol. The van der Waals surface area contributed by atoms with Crippen LogP contribution in [0.1, 0.15) is 32.1 Å². The molecule has 8 heteroatoms. The summed E-state index contributed by atoms with van der Waals surface area (Å²) < 4.78 is 0. The molecule has 136 valence electrons. The number of amides is 1. The summed E-state index contributed by atoms with van der Waals surface area (Å²) in [6.45, 7) is 2.35. The summed E-state index contributed by atoms with van der Waals surface area (Å²) >= 11 is 0. The van der Waals surface area contributed by atoms with Crippen molar-refractivity contribution in [2.45, 2.75) is 38.1 Å². The second-order valence-corrected chi connectivity index (χ2v) is 6.38. The zero-order valence-corrected chi connectivity index (χ0v) is 15.4. The molecule has 2 aliphatic rings. The van der Waals surface area contributed by atoms with Gasteiger partial charge >= 0.3 is 0 Å². The molecule has 0 spiro atoms. The molecule has 3 rings (SSSR count). The second kappa shape index (κ2) is 10.0. The number of hydrogen-bond donors (Lipinski definition) is 2. The third kappa shape index (κ3) is 4.94. The van der Waals surface area contributed by atoms with Gasteiger partial charge in [-0.15, -0.1) is 24.8 Å². The van der Waals surface area contributed by atoms with Gasteiger partial charge in [0.05, 0.1) is 0 Å². The minimum absolute atomic E-state index is 0. The van der Waals surface area contributed by atoms with E-state index < -0.39 is 0 Å². The Bertz CT molecular complexity index is 505. The van der Waals surface area contributed by atoms with Crippen molar-refractivity contribution in [1.29, 1.82) is 0 Å². The Morgan fingerprint density at radius 2 is 1.96 bits per heavy atom. The van der Waals surface area contributed by atoms with Crippen LogP contribution in [0.3, 0.4) is 0 Å². The molecule has 1 aliphatic heterocycles. The SMILES string of the molecule is Cl.Cl.NC[C@H]1CCC[C@H]1C(=O)NC1CCCN(c2ncccn2)C1. The molecule has 0 aromatic carbocycles. The molecule has 0 radical (unpaired) electrons. The highest BCUT2D eigenvalue weighted by Gasteiger charge is 2.33. The zero-order valence-electron chi connectivity index (χ0n) is 13.8. The van der Waals surface area contributed by atoms with Crippen molar-refractivity contribution in [1.82, 2.24) is 15.3 Å². The number of carbonyl (C=O) groups is 1. The number of nitrogens with zero attached hydrogens (tertiary/aromatic N) is 3. The molecule has 24 heavy (non-hydrogen) atoms. The van der Waals surface area contributed by atoms with Crippen LogP contribution in [-0.4, -0.2) is 41.6 Å². The molecule has 3 atom stereocenters. The number of hydrogen-bond acceptors (Lipinski definition) is 5. The third-order valence-electron chi connectivity index (χ3n) is 4.90. The molecular formula is C16H27Cl2N5O. The standard InChI is InChI=1S/C16H25N5O.2ClH/c17-10-12-4-1-6-14(12)15(22)20-13-5-2-9-21(11-13)16-18-7-3-8-19-16;;/h3,7-8,12-14H,1-2,4-6,9-11,17H2,(H,20,22);2*1H/t12-,13?,14-;;/m1../s1. The highest BCUT2D eigenvalue weighted by Crippen LogP contribution is 2.31. The topological polar surface area (TPSA) is 84.1 Å². The van der Waals surface area contributed by atoms with Gasteiger partial charge in [-0.25, -0.2) is 9.97 Å². The lowest BCUT2D eigenvalue weighted by atomic mass is 9.94. The van der Waals surface area contributed by atoms with E-state index in [1.54, 1.807) is 12.4 Å². The van der Waals surface area contributed by atoms with E-state index in [1.807, 2.05) is 6.07 Å². The van der Waals surface area contributed by atoms with Gasteiger partial charge < -0.3 is 16.0 Å². The summed E-state index contributed by atoms with van der Waals surface area (Å²) in [7, 11) is 0. The van der Waals surface area contributed by atoms with Crippen molar-refractivity contribution in [2.24, 2.45) is 17.6 Å². The lowest BCUT2D eigenvalue weighted by Crippen LogP contribution is -2.50. The van der Waals surface area contributed by atoms with E-state index in [0.29, 0.717) is 12.5 Å². The molecule has 1 saturated carbocycles. The maximum atomic E-state index is 12.5. The van der Waals surface area contributed by atoms with Crippen LogP contribution < -0.4 is 16.0 Å². The molecule has 2 fully saturated rings. The van der Waals surface area contributed by atoms with Gasteiger partial charge in [-0.2, -0.15) is 0 Å². The third-order valence-corrected chi connectivity index (χ3v) is 4.90. The van der Waals surface area contributed by atoms with Crippen molar-refractivity contribution in [2.75, 3.05) is 24.5 Å². The molecule has 2 heterocycles. The first-order valence-electron chi connectivity index (χ1n) is 8.30. The fourth-order valence-electron chi connectivity index (χ4n) is 3.70. The molecular weight excluding hydrogens is 349 g/mol. The molecule has 1 aromatic heterocycles. The summed E-state index contributed by atoms with van der Waals surface area (Å²) in [5, 5.41) is 3.23. The predicted molar refractivity (Wildman–Crippen MR) is 99.8 cm³/mol. The highest BCUT2D eigenvalue weighted by molar-refractivity contribution is 5.85. The van der Waals surface area contributed by atoms with Crippen LogP contribution in [0.25, 0.3) is 0 Å². The Morgan fingerprint density at radius 3 is 2.67 bits per heavy atom. The van der Waals surface area contributed by atoms with E-state index in [0.717, 1.165) is 51.1 Å². The summed E-state index contributed by atoms with van der Waals surface area (Å²) in [4.78, 5) is 23.3. The van der Waals surface area contributed by atoms with Gasteiger partial charge in [-0.3, -0.25) is 4.79 Å². The van der Waals surface area contributed by atoms with E-state index in [2.05, 4.69) is 20.2 Å². The van der Waals surface area contributed by atoms with Gasteiger partial charge in [0, 0.05) is 37.4 Å². The van der Waals surface area contributed by atoms with Crippen molar-refractivity contribution < 1.29 is 4.79 Å². The number of rotatable bonds is 4. The van der Waals surface area contributed by atoms with E-state index in [4.69, 9.17) is 5.73 Å². The quantitative estimate of drug-likeness (QED) is 0.837. The van der Waals surface area contributed by atoms with Crippen molar-refractivity contribution in [3.8, 4) is 0 Å². The van der Waals surface area contributed by atoms with Crippen LogP contribution >= 0.6 is 24.8 Å². The lowest BCUT2D eigenvalue weighted by molar-refractivity contribution is -0.126. The minimum atomic E-state index is 0. The van der Waals surface area contributed by atoms with Crippen molar-refractivity contribution in [3.63, 3.8) is 0 Å². The first kappa shape index (κ1) is 20.9. The average Bonchev–Trinajstić information content (AvgIpc) is 3.05. The summed E-state index contributed by atoms with van der Waals surface area (Å²) in [6.07, 6.45) is 8.77. The van der Waals surface area contributed by atoms with E-state index in [-0.39, 0.29) is 42.7 Å². The number of aromatic nitrogens is 2. The highest BCUT2D eigenvalue weighted by atomic mass is 35.5. The summed E-state index contributed by atoms with van der Waals surface area (Å²) in [6, 6.07) is 2.00. The molecule has 1 aromatic rings. The number of carbonyl (C=O) groups excluding carboxylic acids is 1. The van der Waals surface area contributed by atoms with Gasteiger partial charge in [-0.05, 0) is 44.2 Å². The van der Waals surface area contributed by atoms with Gasteiger partial charge in [0.2, 0.25) is 11.9 Å². The number of anilines is 1. The summed E-state index contributed by atoms with van der Waals surface area (Å²) in [5.41, 5.74) is 5.79. The Hall–Kier alpha value is -1.11. The molecule has 1 saturated heterocycles. The van der Waals surface area contributed by atoms with Crippen LogP contribution in [0.2, 0.25) is 0 Å². The van der Waals surface area contributed by atoms with Crippen LogP contribution in [0.15, 0.2) is 18.5 Å². The Morgan fingerprint density at radius 1 is 1.21 bits per heavy atom. The van der Waals surface area contributed by atoms with Crippen LogP contribution in [-0.2, 0) is 4.79 Å². The van der Waals surface area contributed by atoms with Crippen LogP contribution in [0.4, 0.5) is 5.95 Å². The molecule has 1 amide bonds. The first-order chi connectivity index (χ1) is 10.8. The van der Waals surface area contributed by atoms with Gasteiger partial charge in [-0.1, -0.05) is 6.42 Å². The van der Waals surface area contributed by atoms with Crippen molar-refractivity contribution >= 4 is 36.7 Å². The fourth-order valence-corrected chi connectivity index (χ4v) is 3.70. The molecule has 6 nitrogen and oxygen atoms in total. The van der Waals surface area contributed by atoms with Crippen molar-refractivity contribution in [3.05, 3.63) is 18.5 Å². The van der Waals surface area contributed by atoms with E-state index in [9.17, 15) is 4.79 Å². The Labute approximate surface area is 155 Å². The van der Waals surface area contributed by atoms with E-state index >= 15 is 0 Å². The Balaban J connectivity index is 0.00000144. The smallest absolute Gasteiger partial charge is 0.225 e. The first-order valence-corrected chi connectivity index (χ1v) is 8.30. The van der Waals surface area contributed by atoms with Crippen LogP contribution in [0.5, 0.6) is 0 Å². The lowest BCUT2D eigenvalue weighted by Gasteiger charge is -2.34. The van der Waals surface area contributed by atoms with Gasteiger partial charge in [0.15, 0.2) is 0 Å². The molecule has 1 aliphatic carbocycles. The largest absolute Gasteiger partial charge is 0.351 e. The van der Waals surface area contributed by atoms with Gasteiger partial charge in [0.1, 0.15) is 0 Å². The maximum Gasteiger partial charge on any atom is 0.225 e. The predicted octanol–water partition coefficient (Wildman–Crippen LogP) is 1.78. The maximum absolute atomic E-state index is 12.5. The fraction of sp³-hybridized carbons (Fsp3) is 0.688. The number of nitrogens with one attached hydrogen (secondary N) is 1. The number of nitrogens with two attached hydrogens (primary N) is 1. The monoisotopic (exact) mass is 375 g/mol. The molecule has 3 N–H and O–H groups in total. The molecule has 0 bridgehead atoms. The minimum Gasteiger partial charge on any atom is -0.351 e. The number of piperidine rings is 1. The van der Waals surface area contributed by atoms with Gasteiger partial charge in [0.25, 0.3) is 0 Å². The Kier molecular flexibility index (Phi) is 8.73.